The van der Waals surface area contributed by atoms with Crippen molar-refractivity contribution in [3.05, 3.63) is 27.9 Å². The van der Waals surface area contributed by atoms with Crippen molar-refractivity contribution in [2.24, 2.45) is 5.92 Å². The molecule has 18 heavy (non-hydrogen) atoms. The Morgan fingerprint density at radius 2 is 2.33 bits per heavy atom. The highest BCUT2D eigenvalue weighted by molar-refractivity contribution is 5.99. The molecular weight excluding hydrogens is 236 g/mol. The number of nitrogens with one attached hydrogen (secondary N) is 1. The van der Waals surface area contributed by atoms with E-state index in [2.05, 4.69) is 10.3 Å². The number of hydrogen-bond donors (Lipinski definition) is 2. The Bertz CT molecular complexity index is 485. The van der Waals surface area contributed by atoms with Crippen LogP contribution in [0.4, 0.5) is 11.5 Å². The highest BCUT2D eigenvalue weighted by Gasteiger charge is 2.21. The van der Waals surface area contributed by atoms with E-state index in [9.17, 15) is 14.9 Å². The summed E-state index contributed by atoms with van der Waals surface area (Å²) in [6, 6.07) is 1.10. The molecule has 0 atom stereocenters. The van der Waals surface area contributed by atoms with Crippen molar-refractivity contribution in [2.75, 3.05) is 12.3 Å². The summed E-state index contributed by atoms with van der Waals surface area (Å²) in [4.78, 5) is 25.3. The summed E-state index contributed by atoms with van der Waals surface area (Å²) < 4.78 is 0. The third kappa shape index (κ3) is 2.55. The van der Waals surface area contributed by atoms with Crippen LogP contribution in [0, 0.1) is 16.0 Å². The maximum Gasteiger partial charge on any atom is 0.364 e. The van der Waals surface area contributed by atoms with Gasteiger partial charge >= 0.3 is 5.82 Å². The lowest BCUT2D eigenvalue weighted by atomic mass is 9.85. The molecule has 1 aromatic heterocycles. The number of nitrogens with zero attached hydrogens (tertiary/aromatic N) is 2. The first kappa shape index (κ1) is 12.3. The molecule has 0 saturated heterocycles. The number of carbonyl (C=O) groups is 1. The van der Waals surface area contributed by atoms with Crippen LogP contribution >= 0.6 is 0 Å². The van der Waals surface area contributed by atoms with Crippen LogP contribution in [-0.4, -0.2) is 22.4 Å². The second-order valence-electron chi connectivity index (χ2n) is 4.39. The molecule has 96 valence electrons. The molecule has 1 fully saturated rings. The summed E-state index contributed by atoms with van der Waals surface area (Å²) in [5.41, 5.74) is 5.85. The molecule has 0 unspecified atom stereocenters. The molecule has 1 heterocycles. The summed E-state index contributed by atoms with van der Waals surface area (Å²) in [7, 11) is 0. The van der Waals surface area contributed by atoms with Crippen molar-refractivity contribution in [1.29, 1.82) is 0 Å². The molecule has 1 saturated carbocycles. The minimum absolute atomic E-state index is 0.107. The van der Waals surface area contributed by atoms with Gasteiger partial charge in [0.1, 0.15) is 0 Å². The first-order valence-corrected chi connectivity index (χ1v) is 5.76. The minimum Gasteiger partial charge on any atom is -0.395 e. The van der Waals surface area contributed by atoms with E-state index in [0.29, 0.717) is 12.5 Å². The van der Waals surface area contributed by atoms with Gasteiger partial charge in [-0.2, -0.15) is 0 Å². The fourth-order valence-electron chi connectivity index (χ4n) is 1.78. The van der Waals surface area contributed by atoms with Gasteiger partial charge in [-0.25, -0.2) is 0 Å². The number of nitrogens with two attached hydrogens (primary N) is 1. The molecule has 0 radical (unpaired) electrons. The van der Waals surface area contributed by atoms with E-state index in [1.807, 2.05) is 0 Å². The first-order chi connectivity index (χ1) is 8.58. The molecule has 0 bridgehead atoms. The Morgan fingerprint density at radius 3 is 2.89 bits per heavy atom. The second-order valence-corrected chi connectivity index (χ2v) is 4.39. The smallest absolute Gasteiger partial charge is 0.364 e. The quantitative estimate of drug-likeness (QED) is 0.614. The van der Waals surface area contributed by atoms with Gasteiger partial charge in [-0.3, -0.25) is 4.79 Å². The molecule has 1 aliphatic rings. The largest absolute Gasteiger partial charge is 0.395 e. The molecule has 0 aromatic carbocycles. The van der Waals surface area contributed by atoms with Crippen LogP contribution in [0.2, 0.25) is 0 Å². The fourth-order valence-corrected chi connectivity index (χ4v) is 1.78. The molecule has 7 nitrogen and oxygen atoms in total. The molecule has 0 aliphatic heterocycles. The number of rotatable bonds is 4. The van der Waals surface area contributed by atoms with Crippen LogP contribution in [0.1, 0.15) is 29.6 Å². The van der Waals surface area contributed by atoms with Crippen molar-refractivity contribution in [2.45, 2.75) is 19.3 Å². The number of anilines is 1. The van der Waals surface area contributed by atoms with Gasteiger partial charge in [0.2, 0.25) is 0 Å². The van der Waals surface area contributed by atoms with Crippen LogP contribution in [0.3, 0.4) is 0 Å². The van der Waals surface area contributed by atoms with Crippen LogP contribution in [0.15, 0.2) is 12.3 Å². The zero-order valence-electron chi connectivity index (χ0n) is 9.76. The van der Waals surface area contributed by atoms with Gasteiger partial charge in [0.05, 0.1) is 17.3 Å². The average Bonchev–Trinajstić information content (AvgIpc) is 2.26. The Balaban J connectivity index is 2.07. The third-order valence-electron chi connectivity index (χ3n) is 3.13. The fraction of sp³-hybridized carbons (Fsp3) is 0.455. The lowest BCUT2D eigenvalue weighted by Gasteiger charge is -2.25. The number of nitro groups is 1. The Morgan fingerprint density at radius 1 is 1.61 bits per heavy atom. The van der Waals surface area contributed by atoms with Crippen LogP contribution in [0.5, 0.6) is 0 Å². The van der Waals surface area contributed by atoms with Crippen molar-refractivity contribution in [1.82, 2.24) is 10.3 Å². The summed E-state index contributed by atoms with van der Waals surface area (Å²) in [6.07, 6.45) is 4.57. The Labute approximate surface area is 104 Å². The van der Waals surface area contributed by atoms with Crippen molar-refractivity contribution >= 4 is 17.4 Å². The summed E-state index contributed by atoms with van der Waals surface area (Å²) >= 11 is 0. The molecule has 1 aliphatic carbocycles. The maximum absolute atomic E-state index is 11.8. The van der Waals surface area contributed by atoms with Gasteiger partial charge in [-0.15, -0.1) is 0 Å². The van der Waals surface area contributed by atoms with E-state index in [1.54, 1.807) is 0 Å². The normalized spacial score (nSPS) is 14.9. The van der Waals surface area contributed by atoms with Crippen LogP contribution < -0.4 is 11.1 Å². The van der Waals surface area contributed by atoms with Gasteiger partial charge in [0.25, 0.3) is 5.91 Å². The molecule has 1 amide bonds. The highest BCUT2D eigenvalue weighted by atomic mass is 16.6. The molecule has 2 rings (SSSR count). The topological polar surface area (TPSA) is 111 Å². The lowest BCUT2D eigenvalue weighted by Crippen LogP contribution is -2.32. The lowest BCUT2D eigenvalue weighted by molar-refractivity contribution is -0.389. The van der Waals surface area contributed by atoms with E-state index < -0.39 is 4.92 Å². The number of nitrogen functional groups attached to an aromatic ring is 1. The van der Waals surface area contributed by atoms with E-state index in [4.69, 9.17) is 5.73 Å². The third-order valence-corrected chi connectivity index (χ3v) is 3.13. The predicted molar refractivity (Wildman–Crippen MR) is 65.0 cm³/mol. The summed E-state index contributed by atoms with van der Waals surface area (Å²) in [6.45, 7) is 0.592. The van der Waals surface area contributed by atoms with Crippen LogP contribution in [0.25, 0.3) is 0 Å². The number of carbonyl (C=O) groups excluding carboxylic acids is 1. The van der Waals surface area contributed by atoms with Gasteiger partial charge < -0.3 is 21.2 Å². The van der Waals surface area contributed by atoms with Crippen molar-refractivity contribution in [3.8, 4) is 0 Å². The van der Waals surface area contributed by atoms with Crippen LogP contribution in [-0.2, 0) is 0 Å². The van der Waals surface area contributed by atoms with E-state index >= 15 is 0 Å². The summed E-state index contributed by atoms with van der Waals surface area (Å²) in [5, 5.41) is 13.3. The SMILES string of the molecule is Nc1cnc([N+](=O)[O-])cc1C(=O)NCC1CCC1. The number of aromatic nitrogens is 1. The monoisotopic (exact) mass is 250 g/mol. The molecule has 3 N–H and O–H groups in total. The van der Waals surface area contributed by atoms with Gasteiger partial charge in [0.15, 0.2) is 6.20 Å². The molecule has 1 aromatic rings. The Kier molecular flexibility index (Phi) is 3.40. The molecular formula is C11H14N4O3. The maximum atomic E-state index is 11.8. The Hall–Kier alpha value is -2.18. The number of amides is 1. The van der Waals surface area contributed by atoms with Gasteiger partial charge in [0, 0.05) is 6.54 Å². The van der Waals surface area contributed by atoms with E-state index in [1.165, 1.54) is 6.42 Å². The van der Waals surface area contributed by atoms with Gasteiger partial charge in [-0.1, -0.05) is 6.42 Å². The average molecular weight is 250 g/mol. The second kappa shape index (κ2) is 4.99. The van der Waals surface area contributed by atoms with E-state index in [0.717, 1.165) is 25.1 Å². The summed E-state index contributed by atoms with van der Waals surface area (Å²) in [5.74, 6) is -0.241. The minimum atomic E-state index is -0.651. The standard InChI is InChI=1S/C11H14N4O3/c12-9-6-13-10(15(17)18)4-8(9)11(16)14-5-7-2-1-3-7/h4,6-7H,1-3,5,12H2,(H,14,16). The van der Waals surface area contributed by atoms with Gasteiger partial charge in [-0.05, 0) is 28.7 Å². The zero-order valence-corrected chi connectivity index (χ0v) is 9.76. The van der Waals surface area contributed by atoms with Crippen molar-refractivity contribution in [3.63, 3.8) is 0 Å². The van der Waals surface area contributed by atoms with E-state index in [-0.39, 0.29) is 23.0 Å². The highest BCUT2D eigenvalue weighted by Crippen LogP contribution is 2.25. The number of pyridine rings is 1. The first-order valence-electron chi connectivity index (χ1n) is 5.76. The zero-order chi connectivity index (χ0) is 13.1. The molecule has 7 heteroatoms. The number of hydrogen-bond acceptors (Lipinski definition) is 5. The predicted octanol–water partition coefficient (Wildman–Crippen LogP) is 1.10. The van der Waals surface area contributed by atoms with Crippen molar-refractivity contribution < 1.29 is 9.72 Å². The molecule has 0 spiro atoms.